The van der Waals surface area contributed by atoms with Crippen molar-refractivity contribution in [2.45, 2.75) is 13.0 Å². The van der Waals surface area contributed by atoms with Crippen LogP contribution in [0.15, 0.2) is 35.8 Å². The normalized spacial score (nSPS) is 12.7. The summed E-state index contributed by atoms with van der Waals surface area (Å²) in [7, 11) is 0. The van der Waals surface area contributed by atoms with Gasteiger partial charge < -0.3 is 5.11 Å². The Hall–Kier alpha value is -1.19. The monoisotopic (exact) mass is 205 g/mol. The molecule has 72 valence electrons. The van der Waals surface area contributed by atoms with Crippen molar-refractivity contribution in [2.24, 2.45) is 0 Å². The molecule has 0 amide bonds. The van der Waals surface area contributed by atoms with E-state index in [1.165, 1.54) is 0 Å². The summed E-state index contributed by atoms with van der Waals surface area (Å²) in [5.41, 5.74) is 1.83. The van der Waals surface area contributed by atoms with E-state index in [-0.39, 0.29) is 0 Å². The first-order chi connectivity index (χ1) is 6.77. The third-order valence-electron chi connectivity index (χ3n) is 2.03. The largest absolute Gasteiger partial charge is 0.381 e. The molecule has 2 rings (SSSR count). The average Bonchev–Trinajstić information content (AvgIpc) is 2.69. The van der Waals surface area contributed by atoms with Crippen molar-refractivity contribution in [3.05, 3.63) is 52.0 Å². The highest BCUT2D eigenvalue weighted by molar-refractivity contribution is 7.10. The Balaban J connectivity index is 2.32. The highest BCUT2D eigenvalue weighted by Crippen LogP contribution is 2.24. The minimum absolute atomic E-state index is 0.588. The van der Waals surface area contributed by atoms with Gasteiger partial charge in [0, 0.05) is 11.1 Å². The second-order valence-electron chi connectivity index (χ2n) is 3.18. The molecule has 2 aromatic heterocycles. The molecule has 0 aliphatic heterocycles. The van der Waals surface area contributed by atoms with Crippen molar-refractivity contribution < 1.29 is 5.11 Å². The Bertz CT molecular complexity index is 411. The first-order valence-corrected chi connectivity index (χ1v) is 5.29. The maximum Gasteiger partial charge on any atom is 0.130 e. The predicted octanol–water partition coefficient (Wildman–Crippen LogP) is 2.53. The molecule has 1 unspecified atom stereocenters. The molecular weight excluding hydrogens is 194 g/mol. The zero-order valence-corrected chi connectivity index (χ0v) is 8.66. The van der Waals surface area contributed by atoms with Crippen molar-refractivity contribution in [2.75, 3.05) is 0 Å². The van der Waals surface area contributed by atoms with Crippen LogP contribution in [0, 0.1) is 6.92 Å². The number of aromatic nitrogens is 1. The third kappa shape index (κ3) is 1.84. The number of aliphatic hydroxyl groups is 1. The molecule has 0 saturated carbocycles. The van der Waals surface area contributed by atoms with Crippen molar-refractivity contribution in [1.29, 1.82) is 0 Å². The number of aryl methyl sites for hydroxylation is 1. The summed E-state index contributed by atoms with van der Waals surface area (Å²) in [4.78, 5) is 5.09. The molecule has 14 heavy (non-hydrogen) atoms. The fourth-order valence-electron chi connectivity index (χ4n) is 1.30. The van der Waals surface area contributed by atoms with Crippen LogP contribution in [0.1, 0.15) is 22.2 Å². The molecule has 1 atom stereocenters. The van der Waals surface area contributed by atoms with Crippen molar-refractivity contribution in [3.8, 4) is 0 Å². The number of aliphatic hydroxyl groups excluding tert-OH is 1. The fraction of sp³-hybridized carbons (Fsp3) is 0.182. The smallest absolute Gasteiger partial charge is 0.130 e. The molecule has 2 nitrogen and oxygen atoms in total. The maximum absolute atomic E-state index is 9.95. The molecule has 0 saturated heterocycles. The summed E-state index contributed by atoms with van der Waals surface area (Å²) in [6.07, 6.45) is 1.14. The Kier molecular flexibility index (Phi) is 2.61. The summed E-state index contributed by atoms with van der Waals surface area (Å²) in [6, 6.07) is 7.67. The topological polar surface area (TPSA) is 33.1 Å². The van der Waals surface area contributed by atoms with Crippen LogP contribution in [-0.4, -0.2) is 10.1 Å². The minimum atomic E-state index is -0.588. The lowest BCUT2D eigenvalue weighted by Crippen LogP contribution is -2.00. The molecular formula is C11H11NOS. The lowest BCUT2D eigenvalue weighted by molar-refractivity contribution is 0.219. The van der Waals surface area contributed by atoms with Gasteiger partial charge in [0.15, 0.2) is 0 Å². The quantitative estimate of drug-likeness (QED) is 0.817. The van der Waals surface area contributed by atoms with Gasteiger partial charge in [0.05, 0.1) is 5.69 Å². The zero-order valence-electron chi connectivity index (χ0n) is 7.84. The molecule has 2 heterocycles. The van der Waals surface area contributed by atoms with E-state index in [0.29, 0.717) is 5.69 Å². The first-order valence-electron chi connectivity index (χ1n) is 4.41. The highest BCUT2D eigenvalue weighted by Gasteiger charge is 2.12. The summed E-state index contributed by atoms with van der Waals surface area (Å²) < 4.78 is 0. The van der Waals surface area contributed by atoms with Crippen molar-refractivity contribution >= 4 is 11.3 Å². The van der Waals surface area contributed by atoms with Gasteiger partial charge in [-0.3, -0.25) is 4.98 Å². The Morgan fingerprint density at radius 1 is 1.43 bits per heavy atom. The molecule has 0 bridgehead atoms. The van der Waals surface area contributed by atoms with Gasteiger partial charge in [-0.25, -0.2) is 0 Å². The van der Waals surface area contributed by atoms with Gasteiger partial charge in [-0.05, 0) is 36.1 Å². The van der Waals surface area contributed by atoms with Crippen molar-refractivity contribution in [1.82, 2.24) is 4.98 Å². The van der Waals surface area contributed by atoms with E-state index in [4.69, 9.17) is 0 Å². The van der Waals surface area contributed by atoms with Gasteiger partial charge >= 0.3 is 0 Å². The third-order valence-corrected chi connectivity index (χ3v) is 2.95. The fourth-order valence-corrected chi connectivity index (χ4v) is 2.02. The second-order valence-corrected chi connectivity index (χ2v) is 4.16. The summed E-state index contributed by atoms with van der Waals surface area (Å²) >= 11 is 1.54. The molecule has 0 radical (unpaired) electrons. The number of rotatable bonds is 2. The number of thiophene rings is 1. The molecule has 0 spiro atoms. The Morgan fingerprint density at radius 2 is 2.29 bits per heavy atom. The number of pyridine rings is 1. The van der Waals surface area contributed by atoms with Gasteiger partial charge in [0.2, 0.25) is 0 Å². The van der Waals surface area contributed by atoms with E-state index in [9.17, 15) is 5.11 Å². The van der Waals surface area contributed by atoms with E-state index >= 15 is 0 Å². The first kappa shape index (κ1) is 9.37. The standard InChI is InChI=1S/C11H11NOS/c1-8-4-5-12-9(7-8)11(13)10-3-2-6-14-10/h2-7,11,13H,1H3. The number of hydrogen-bond donors (Lipinski definition) is 1. The van der Waals surface area contributed by atoms with E-state index in [0.717, 1.165) is 10.4 Å². The highest BCUT2D eigenvalue weighted by atomic mass is 32.1. The average molecular weight is 205 g/mol. The lowest BCUT2D eigenvalue weighted by atomic mass is 10.1. The molecule has 0 aliphatic rings. The van der Waals surface area contributed by atoms with Crippen LogP contribution in [-0.2, 0) is 0 Å². The molecule has 0 aromatic carbocycles. The van der Waals surface area contributed by atoms with Gasteiger partial charge in [0.1, 0.15) is 6.10 Å². The second kappa shape index (κ2) is 3.90. The number of nitrogens with zero attached hydrogens (tertiary/aromatic N) is 1. The molecule has 1 N–H and O–H groups in total. The summed E-state index contributed by atoms with van der Waals surface area (Å²) in [6.45, 7) is 1.99. The van der Waals surface area contributed by atoms with Crippen molar-refractivity contribution in [3.63, 3.8) is 0 Å². The zero-order chi connectivity index (χ0) is 9.97. The molecule has 2 aromatic rings. The number of hydrogen-bond acceptors (Lipinski definition) is 3. The lowest BCUT2D eigenvalue weighted by Gasteiger charge is -2.07. The summed E-state index contributed by atoms with van der Waals surface area (Å²) in [5.74, 6) is 0. The van der Waals surface area contributed by atoms with E-state index < -0.39 is 6.10 Å². The Labute approximate surface area is 86.9 Å². The SMILES string of the molecule is Cc1ccnc(C(O)c2cccs2)c1. The van der Waals surface area contributed by atoms with Gasteiger partial charge in [-0.2, -0.15) is 0 Å². The van der Waals surface area contributed by atoms with Gasteiger partial charge in [-0.1, -0.05) is 6.07 Å². The van der Waals surface area contributed by atoms with Crippen LogP contribution in [0.5, 0.6) is 0 Å². The molecule has 3 heteroatoms. The van der Waals surface area contributed by atoms with E-state index in [1.807, 2.05) is 36.6 Å². The maximum atomic E-state index is 9.95. The molecule has 0 aliphatic carbocycles. The van der Waals surface area contributed by atoms with E-state index in [1.54, 1.807) is 17.5 Å². The van der Waals surface area contributed by atoms with Crippen LogP contribution < -0.4 is 0 Å². The predicted molar refractivity (Wildman–Crippen MR) is 57.4 cm³/mol. The van der Waals surface area contributed by atoms with Crippen LogP contribution in [0.2, 0.25) is 0 Å². The van der Waals surface area contributed by atoms with Crippen LogP contribution in [0.4, 0.5) is 0 Å². The van der Waals surface area contributed by atoms with E-state index in [2.05, 4.69) is 4.98 Å². The van der Waals surface area contributed by atoms with Gasteiger partial charge in [0.25, 0.3) is 0 Å². The van der Waals surface area contributed by atoms with Gasteiger partial charge in [-0.15, -0.1) is 11.3 Å². The Morgan fingerprint density at radius 3 is 2.93 bits per heavy atom. The van der Waals surface area contributed by atoms with Crippen LogP contribution >= 0.6 is 11.3 Å². The molecule has 0 fully saturated rings. The minimum Gasteiger partial charge on any atom is -0.381 e. The summed E-state index contributed by atoms with van der Waals surface area (Å²) in [5, 5.41) is 11.9. The van der Waals surface area contributed by atoms with Crippen LogP contribution in [0.3, 0.4) is 0 Å². The van der Waals surface area contributed by atoms with Crippen LogP contribution in [0.25, 0.3) is 0 Å².